The number of hydrogen-bond acceptors (Lipinski definition) is 5. The van der Waals surface area contributed by atoms with Crippen molar-refractivity contribution >= 4 is 29.1 Å². The number of carbonyl (C=O) groups excluding carboxylic acids is 1. The number of halogens is 2. The number of benzene rings is 2. The van der Waals surface area contributed by atoms with E-state index in [0.29, 0.717) is 23.3 Å². The van der Waals surface area contributed by atoms with Gasteiger partial charge in [0.1, 0.15) is 6.61 Å². The Morgan fingerprint density at radius 3 is 2.47 bits per heavy atom. The fraction of sp³-hybridized carbons (Fsp3) is 0.182. The van der Waals surface area contributed by atoms with Gasteiger partial charge in [-0.3, -0.25) is 9.59 Å². The molecule has 0 aliphatic rings. The van der Waals surface area contributed by atoms with Crippen LogP contribution in [0.25, 0.3) is 11.1 Å². The summed E-state index contributed by atoms with van der Waals surface area (Å²) in [6, 6.07) is 12.1. The molecular formula is C22H20Cl2N3O4Y-. The molecule has 0 spiro atoms. The Morgan fingerprint density at radius 1 is 1.19 bits per heavy atom. The molecule has 1 radical (unpaired) electrons. The molecule has 3 rings (SSSR count). The third kappa shape index (κ3) is 6.39. The van der Waals surface area contributed by atoms with Crippen molar-refractivity contribution in [2.24, 2.45) is 7.05 Å². The maximum Gasteiger partial charge on any atom is 0.278 e. The van der Waals surface area contributed by atoms with Gasteiger partial charge in [0, 0.05) is 39.8 Å². The smallest absolute Gasteiger partial charge is 0.278 e. The Kier molecular flexibility index (Phi) is 10.3. The summed E-state index contributed by atoms with van der Waals surface area (Å²) >= 11 is 12.1. The van der Waals surface area contributed by atoms with Gasteiger partial charge in [0.2, 0.25) is 5.91 Å². The zero-order valence-corrected chi connectivity index (χ0v) is 21.6. The molecule has 32 heavy (non-hydrogen) atoms. The molecule has 7 nitrogen and oxygen atoms in total. The molecule has 0 saturated heterocycles. The van der Waals surface area contributed by atoms with E-state index in [0.717, 1.165) is 5.56 Å². The second kappa shape index (κ2) is 12.5. The number of ether oxygens (including phenoxy) is 1. The molecule has 165 valence electrons. The number of aliphatic hydroxyl groups excluding tert-OH is 1. The first kappa shape index (κ1) is 26.5. The van der Waals surface area contributed by atoms with Crippen molar-refractivity contribution in [3.63, 3.8) is 0 Å². The van der Waals surface area contributed by atoms with E-state index in [-0.39, 0.29) is 67.1 Å². The fourth-order valence-corrected chi connectivity index (χ4v) is 3.48. The minimum Gasteiger partial charge on any atom is -0.501 e. The predicted octanol–water partition coefficient (Wildman–Crippen LogP) is 3.26. The van der Waals surface area contributed by atoms with Gasteiger partial charge < -0.3 is 15.2 Å². The number of hydrogen-bond donors (Lipinski definition) is 2. The molecule has 2 aromatic carbocycles. The Labute approximate surface area is 220 Å². The number of aliphatic hydroxyl groups is 1. The molecule has 3 aromatic rings. The molecule has 2 N–H and O–H groups in total. The second-order valence-electron chi connectivity index (χ2n) is 6.56. The number of nitrogens with one attached hydrogen (secondary N) is 1. The Hall–Kier alpha value is -1.77. The normalized spacial score (nSPS) is 10.4. The zero-order valence-electron chi connectivity index (χ0n) is 17.2. The standard InChI is InChI=1S/C22H20Cl2N3O4.Y/c1-27-22(30)19(18(13-26-27)31-12-11-28)15-7-5-14(6-8-15)9-10-25-21(29)20-16(23)3-2-4-17(20)24;/h2-8,10,13,28H,9,11-12H2,1H3,(H,25,29);/q-1;. The maximum atomic E-state index is 12.6. The summed E-state index contributed by atoms with van der Waals surface area (Å²) in [5, 5.41) is 16.2. The van der Waals surface area contributed by atoms with E-state index in [1.54, 1.807) is 43.9 Å². The van der Waals surface area contributed by atoms with E-state index < -0.39 is 5.91 Å². The molecule has 0 atom stereocenters. The van der Waals surface area contributed by atoms with E-state index >= 15 is 0 Å². The van der Waals surface area contributed by atoms with Crippen LogP contribution in [0.2, 0.25) is 10.0 Å². The third-order valence-electron chi connectivity index (χ3n) is 4.45. The Morgan fingerprint density at radius 2 is 1.84 bits per heavy atom. The van der Waals surface area contributed by atoms with Gasteiger partial charge in [-0.15, -0.1) is 6.42 Å². The van der Waals surface area contributed by atoms with Gasteiger partial charge >= 0.3 is 0 Å². The first-order chi connectivity index (χ1) is 14.9. The van der Waals surface area contributed by atoms with E-state index in [2.05, 4.69) is 10.4 Å². The van der Waals surface area contributed by atoms with Crippen molar-refractivity contribution in [2.45, 2.75) is 6.42 Å². The van der Waals surface area contributed by atoms with Gasteiger partial charge in [0.25, 0.3) is 5.56 Å². The first-order valence-corrected chi connectivity index (χ1v) is 10.1. The van der Waals surface area contributed by atoms with Crippen LogP contribution in [-0.4, -0.2) is 34.0 Å². The molecular weight excluding hydrogens is 530 g/mol. The van der Waals surface area contributed by atoms with Crippen LogP contribution < -0.4 is 15.6 Å². The van der Waals surface area contributed by atoms with Crippen molar-refractivity contribution in [1.29, 1.82) is 0 Å². The molecule has 0 aliphatic heterocycles. The van der Waals surface area contributed by atoms with Crippen molar-refractivity contribution in [1.82, 2.24) is 15.1 Å². The number of rotatable bonds is 8. The van der Waals surface area contributed by atoms with Gasteiger partial charge in [0.05, 0.1) is 34.0 Å². The molecule has 0 saturated carbocycles. The largest absolute Gasteiger partial charge is 0.501 e. The Balaban J connectivity index is 0.00000363. The zero-order chi connectivity index (χ0) is 22.4. The van der Waals surface area contributed by atoms with Crippen LogP contribution in [0.4, 0.5) is 0 Å². The van der Waals surface area contributed by atoms with E-state index in [9.17, 15) is 9.59 Å². The van der Waals surface area contributed by atoms with Crippen LogP contribution in [0.15, 0.2) is 53.5 Å². The van der Waals surface area contributed by atoms with Gasteiger partial charge in [-0.05, 0) is 17.7 Å². The summed E-state index contributed by atoms with van der Waals surface area (Å²) in [6.45, 7) is 1.50. The topological polar surface area (TPSA) is 93.4 Å². The number of aryl methyl sites for hydroxylation is 1. The number of aromatic nitrogens is 2. The van der Waals surface area contributed by atoms with Gasteiger partial charge in [-0.25, -0.2) is 11.2 Å². The predicted molar refractivity (Wildman–Crippen MR) is 119 cm³/mol. The maximum absolute atomic E-state index is 12.6. The van der Waals surface area contributed by atoms with E-state index in [1.165, 1.54) is 10.9 Å². The van der Waals surface area contributed by atoms with Crippen molar-refractivity contribution < 1.29 is 47.3 Å². The van der Waals surface area contributed by atoms with Crippen LogP contribution in [-0.2, 0) is 46.2 Å². The Bertz CT molecular complexity index is 1120. The van der Waals surface area contributed by atoms with Crippen LogP contribution in [0.1, 0.15) is 15.9 Å². The van der Waals surface area contributed by atoms with E-state index in [1.807, 2.05) is 12.1 Å². The quantitative estimate of drug-likeness (QED) is 0.421. The molecule has 0 bridgehead atoms. The summed E-state index contributed by atoms with van der Waals surface area (Å²) in [4.78, 5) is 24.9. The van der Waals surface area contributed by atoms with Gasteiger partial charge in [-0.2, -0.15) is 5.10 Å². The van der Waals surface area contributed by atoms with Crippen LogP contribution in [0.3, 0.4) is 0 Å². The molecule has 1 heterocycles. The average Bonchev–Trinajstić information content (AvgIpc) is 2.75. The summed E-state index contributed by atoms with van der Waals surface area (Å²) in [7, 11) is 1.55. The van der Waals surface area contributed by atoms with Crippen LogP contribution >= 0.6 is 23.2 Å². The van der Waals surface area contributed by atoms with Gasteiger partial charge in [-0.1, -0.05) is 59.1 Å². The second-order valence-corrected chi connectivity index (χ2v) is 7.37. The monoisotopic (exact) mass is 549 g/mol. The molecule has 1 aromatic heterocycles. The minimum atomic E-state index is -0.391. The average molecular weight is 550 g/mol. The molecule has 10 heteroatoms. The molecule has 0 aliphatic carbocycles. The van der Waals surface area contributed by atoms with Crippen molar-refractivity contribution in [2.75, 3.05) is 13.2 Å². The molecule has 0 fully saturated rings. The fourth-order valence-electron chi connectivity index (χ4n) is 2.91. The summed E-state index contributed by atoms with van der Waals surface area (Å²) in [5.74, 6) is -0.0847. The van der Waals surface area contributed by atoms with Crippen molar-refractivity contribution in [3.05, 3.63) is 86.7 Å². The van der Waals surface area contributed by atoms with Gasteiger partial charge in [0.15, 0.2) is 5.75 Å². The SMILES string of the molecule is Cn1ncc(OCCO)c(-c2ccc(C[CH-]NC(=O)c3c(Cl)cccc3Cl)cc2)c1=O.[Y]. The number of carbonyl (C=O) groups is 1. The third-order valence-corrected chi connectivity index (χ3v) is 5.08. The summed E-state index contributed by atoms with van der Waals surface area (Å²) in [6.07, 6.45) is 1.90. The van der Waals surface area contributed by atoms with Crippen LogP contribution in [0.5, 0.6) is 5.75 Å². The molecule has 0 unspecified atom stereocenters. The van der Waals surface area contributed by atoms with Crippen LogP contribution in [0, 0.1) is 6.54 Å². The molecule has 1 amide bonds. The minimum absolute atomic E-state index is 0. The number of amides is 1. The summed E-state index contributed by atoms with van der Waals surface area (Å²) < 4.78 is 6.68. The number of nitrogens with zero attached hydrogens (tertiary/aromatic N) is 2. The van der Waals surface area contributed by atoms with Crippen molar-refractivity contribution in [3.8, 4) is 16.9 Å². The summed E-state index contributed by atoms with van der Waals surface area (Å²) in [5.41, 5.74) is 1.85. The van der Waals surface area contributed by atoms with E-state index in [4.69, 9.17) is 33.0 Å². The first-order valence-electron chi connectivity index (χ1n) is 9.38.